The smallest absolute Gasteiger partial charge is 0.264 e. The van der Waals surface area contributed by atoms with E-state index in [-0.39, 0.29) is 17.3 Å². The largest absolute Gasteiger partial charge is 0.355 e. The van der Waals surface area contributed by atoms with Crippen LogP contribution in [0.2, 0.25) is 0 Å². The van der Waals surface area contributed by atoms with Gasteiger partial charge in [0.15, 0.2) is 0 Å². The van der Waals surface area contributed by atoms with Crippen molar-refractivity contribution in [2.75, 3.05) is 23.7 Å². The molecular formula is C29H35N3O4S2. The van der Waals surface area contributed by atoms with Crippen molar-refractivity contribution in [2.45, 2.75) is 50.1 Å². The fraction of sp³-hybridized carbons (Fsp3) is 0.310. The number of carbonyl (C=O) groups excluding carboxylic acids is 2. The molecule has 0 bridgehead atoms. The fourth-order valence-electron chi connectivity index (χ4n) is 3.91. The predicted molar refractivity (Wildman–Crippen MR) is 154 cm³/mol. The molecule has 1 N–H and O–H groups in total. The van der Waals surface area contributed by atoms with Gasteiger partial charge in [0, 0.05) is 18.0 Å². The van der Waals surface area contributed by atoms with Crippen LogP contribution < -0.4 is 9.62 Å². The Morgan fingerprint density at radius 1 is 0.895 bits per heavy atom. The van der Waals surface area contributed by atoms with E-state index in [1.165, 1.54) is 16.7 Å². The van der Waals surface area contributed by atoms with Crippen LogP contribution in [0.3, 0.4) is 0 Å². The molecule has 3 aromatic rings. The second-order valence-electron chi connectivity index (χ2n) is 9.10. The number of anilines is 1. The van der Waals surface area contributed by atoms with Gasteiger partial charge in [-0.25, -0.2) is 8.42 Å². The summed E-state index contributed by atoms with van der Waals surface area (Å²) < 4.78 is 28.8. The normalized spacial score (nSPS) is 12.0. The number of nitrogens with zero attached hydrogens (tertiary/aromatic N) is 2. The third-order valence-electron chi connectivity index (χ3n) is 6.24. The molecule has 2 amide bonds. The van der Waals surface area contributed by atoms with Crippen molar-refractivity contribution in [2.24, 2.45) is 0 Å². The standard InChI is InChI=1S/C29H35N3O4S2/c1-6-30-29(34)23(4)31(19-24-11-7-21(2)8-12-24)28(33)20-32(25-13-9-22(3)10-14-25)38(35,36)27-17-15-26(37-5)16-18-27/h7-18,23H,6,19-20H2,1-5H3,(H,30,34)/t23-/m0/s1. The summed E-state index contributed by atoms with van der Waals surface area (Å²) in [5.41, 5.74) is 3.26. The van der Waals surface area contributed by atoms with Crippen LogP contribution in [0.4, 0.5) is 5.69 Å². The maximum atomic E-state index is 13.8. The summed E-state index contributed by atoms with van der Waals surface area (Å²) in [4.78, 5) is 29.1. The highest BCUT2D eigenvalue weighted by molar-refractivity contribution is 7.98. The number of hydrogen-bond donors (Lipinski definition) is 1. The zero-order valence-corrected chi connectivity index (χ0v) is 24.1. The lowest BCUT2D eigenvalue weighted by Crippen LogP contribution is -2.51. The molecule has 0 spiro atoms. The summed E-state index contributed by atoms with van der Waals surface area (Å²) in [6.45, 7) is 7.48. The molecule has 38 heavy (non-hydrogen) atoms. The highest BCUT2D eigenvalue weighted by Crippen LogP contribution is 2.26. The van der Waals surface area contributed by atoms with Gasteiger partial charge in [0.05, 0.1) is 10.6 Å². The molecule has 0 heterocycles. The van der Waals surface area contributed by atoms with E-state index in [1.807, 2.05) is 51.3 Å². The monoisotopic (exact) mass is 553 g/mol. The van der Waals surface area contributed by atoms with Gasteiger partial charge in [0.25, 0.3) is 10.0 Å². The molecular weight excluding hydrogens is 518 g/mol. The van der Waals surface area contributed by atoms with Crippen molar-refractivity contribution in [3.05, 3.63) is 89.5 Å². The van der Waals surface area contributed by atoms with Crippen molar-refractivity contribution in [3.63, 3.8) is 0 Å². The first-order chi connectivity index (χ1) is 18.1. The van der Waals surface area contributed by atoms with Gasteiger partial charge in [0.2, 0.25) is 11.8 Å². The number of benzene rings is 3. The summed E-state index contributed by atoms with van der Waals surface area (Å²) >= 11 is 1.51. The Labute approximate surface area is 230 Å². The molecule has 202 valence electrons. The van der Waals surface area contributed by atoms with Gasteiger partial charge in [-0.1, -0.05) is 47.5 Å². The van der Waals surface area contributed by atoms with E-state index in [2.05, 4.69) is 5.32 Å². The number of amides is 2. The molecule has 0 saturated heterocycles. The van der Waals surface area contributed by atoms with Crippen LogP contribution in [0, 0.1) is 13.8 Å². The molecule has 0 aliphatic rings. The summed E-state index contributed by atoms with van der Waals surface area (Å²) in [5.74, 6) is -0.778. The minimum Gasteiger partial charge on any atom is -0.355 e. The van der Waals surface area contributed by atoms with Crippen molar-refractivity contribution < 1.29 is 18.0 Å². The number of sulfonamides is 1. The van der Waals surface area contributed by atoms with Crippen molar-refractivity contribution >= 4 is 39.3 Å². The molecule has 0 aliphatic heterocycles. The minimum absolute atomic E-state index is 0.0885. The molecule has 0 aromatic heterocycles. The first kappa shape index (κ1) is 29.3. The summed E-state index contributed by atoms with van der Waals surface area (Å²) in [6, 6.07) is 20.5. The van der Waals surface area contributed by atoms with Crippen LogP contribution in [0.25, 0.3) is 0 Å². The van der Waals surface area contributed by atoms with Crippen LogP contribution >= 0.6 is 11.8 Å². The number of nitrogens with one attached hydrogen (secondary N) is 1. The molecule has 0 radical (unpaired) electrons. The van der Waals surface area contributed by atoms with Gasteiger partial charge in [-0.15, -0.1) is 11.8 Å². The SMILES string of the molecule is CCNC(=O)[C@H](C)N(Cc1ccc(C)cc1)C(=O)CN(c1ccc(C)cc1)S(=O)(=O)c1ccc(SC)cc1. The Morgan fingerprint density at radius 2 is 1.45 bits per heavy atom. The quantitative estimate of drug-likeness (QED) is 0.346. The fourth-order valence-corrected chi connectivity index (χ4v) is 5.73. The number of aryl methyl sites for hydroxylation is 2. The van der Waals surface area contributed by atoms with Crippen molar-refractivity contribution in [1.82, 2.24) is 10.2 Å². The molecule has 1 atom stereocenters. The molecule has 0 fully saturated rings. The van der Waals surface area contributed by atoms with E-state index < -0.39 is 28.5 Å². The van der Waals surface area contributed by atoms with E-state index in [0.29, 0.717) is 12.2 Å². The van der Waals surface area contributed by atoms with Gasteiger partial charge in [-0.05, 0) is 75.9 Å². The second-order valence-corrected chi connectivity index (χ2v) is 11.8. The van der Waals surface area contributed by atoms with Gasteiger partial charge in [-0.3, -0.25) is 13.9 Å². The van der Waals surface area contributed by atoms with Crippen LogP contribution in [-0.2, 0) is 26.2 Å². The topological polar surface area (TPSA) is 86.8 Å². The van der Waals surface area contributed by atoms with Gasteiger partial charge in [0.1, 0.15) is 12.6 Å². The lowest BCUT2D eigenvalue weighted by molar-refractivity contribution is -0.139. The van der Waals surface area contributed by atoms with Gasteiger partial charge in [-0.2, -0.15) is 0 Å². The molecule has 3 rings (SSSR count). The molecule has 3 aromatic carbocycles. The van der Waals surface area contributed by atoms with Crippen molar-refractivity contribution in [3.8, 4) is 0 Å². The maximum Gasteiger partial charge on any atom is 0.264 e. The first-order valence-electron chi connectivity index (χ1n) is 12.4. The predicted octanol–water partition coefficient (Wildman–Crippen LogP) is 4.77. The van der Waals surface area contributed by atoms with Gasteiger partial charge >= 0.3 is 0 Å². The third kappa shape index (κ3) is 7.17. The summed E-state index contributed by atoms with van der Waals surface area (Å²) in [5, 5.41) is 2.77. The Morgan fingerprint density at radius 3 is 1.97 bits per heavy atom. The number of likely N-dealkylation sites (N-methyl/N-ethyl adjacent to an activating group) is 1. The molecule has 0 aliphatic carbocycles. The molecule has 7 nitrogen and oxygen atoms in total. The van der Waals surface area contributed by atoms with E-state index in [1.54, 1.807) is 55.5 Å². The minimum atomic E-state index is -4.08. The Hall–Kier alpha value is -3.30. The maximum absolute atomic E-state index is 13.8. The second kappa shape index (κ2) is 13.0. The average molecular weight is 554 g/mol. The molecule has 9 heteroatoms. The van der Waals surface area contributed by atoms with Crippen LogP contribution in [0.1, 0.15) is 30.5 Å². The van der Waals surface area contributed by atoms with E-state index in [9.17, 15) is 18.0 Å². The number of carbonyl (C=O) groups is 2. The average Bonchev–Trinajstić information content (AvgIpc) is 2.91. The molecule has 0 unspecified atom stereocenters. The summed E-state index contributed by atoms with van der Waals surface area (Å²) in [7, 11) is -4.08. The Kier molecular flexibility index (Phi) is 9.99. The first-order valence-corrected chi connectivity index (χ1v) is 15.1. The lowest BCUT2D eigenvalue weighted by atomic mass is 10.1. The van der Waals surface area contributed by atoms with Crippen LogP contribution in [-0.4, -0.2) is 50.5 Å². The Bertz CT molecular complexity index is 1340. The zero-order chi connectivity index (χ0) is 27.9. The summed E-state index contributed by atoms with van der Waals surface area (Å²) in [6.07, 6.45) is 1.92. The van der Waals surface area contributed by atoms with E-state index >= 15 is 0 Å². The lowest BCUT2D eigenvalue weighted by Gasteiger charge is -2.32. The number of hydrogen-bond acceptors (Lipinski definition) is 5. The van der Waals surface area contributed by atoms with Crippen molar-refractivity contribution in [1.29, 1.82) is 0 Å². The van der Waals surface area contributed by atoms with E-state index in [0.717, 1.165) is 25.9 Å². The highest BCUT2D eigenvalue weighted by Gasteiger charge is 2.32. The Balaban J connectivity index is 2.01. The third-order valence-corrected chi connectivity index (χ3v) is 8.77. The van der Waals surface area contributed by atoms with Crippen LogP contribution in [0.15, 0.2) is 82.6 Å². The zero-order valence-electron chi connectivity index (χ0n) is 22.5. The van der Waals surface area contributed by atoms with Gasteiger partial charge < -0.3 is 10.2 Å². The number of rotatable bonds is 11. The van der Waals surface area contributed by atoms with E-state index in [4.69, 9.17) is 0 Å². The van der Waals surface area contributed by atoms with Crippen LogP contribution in [0.5, 0.6) is 0 Å². The number of thioether (sulfide) groups is 1. The molecule has 0 saturated carbocycles. The highest BCUT2D eigenvalue weighted by atomic mass is 32.2.